The van der Waals surface area contributed by atoms with Gasteiger partial charge in [0.05, 0.1) is 59.4 Å². The molecule has 0 saturated carbocycles. The molecular formula is C16H20FN3O4. The predicted octanol–water partition coefficient (Wildman–Crippen LogP) is 1.12. The lowest BCUT2D eigenvalue weighted by molar-refractivity contribution is -0.119. The molecule has 130 valence electrons. The SMILES string of the molecule is [2H]c1c([2H])c(N2C(=O)O[C@@]([2H])(C([2H])([2H])N([2H])C(C)=O)C2([2H])[2H])c([2H])c(F)c1N1C([2H])([2H])C([2H])([2H])OC([2H])([2H])C1([2H])[2H]. The highest BCUT2D eigenvalue weighted by molar-refractivity contribution is 5.90. The number of nitrogens with zero attached hydrogens (tertiary/aromatic N) is 2. The number of morpholine rings is 1. The number of amides is 2. The van der Waals surface area contributed by atoms with Gasteiger partial charge in [-0.1, -0.05) is 0 Å². The maximum absolute atomic E-state index is 15.8. The summed E-state index contributed by atoms with van der Waals surface area (Å²) in [7, 11) is 0. The van der Waals surface area contributed by atoms with E-state index in [2.05, 4.69) is 9.47 Å². The lowest BCUT2D eigenvalue weighted by Gasteiger charge is -2.29. The molecule has 24 heavy (non-hydrogen) atoms. The Morgan fingerprint density at radius 1 is 1.62 bits per heavy atom. The molecule has 1 aromatic carbocycles. The second-order valence-corrected chi connectivity index (χ2v) is 4.14. The van der Waals surface area contributed by atoms with Crippen molar-refractivity contribution >= 4 is 23.4 Å². The van der Waals surface area contributed by atoms with Crippen molar-refractivity contribution < 1.29 is 46.8 Å². The van der Waals surface area contributed by atoms with E-state index in [1.165, 1.54) is 0 Å². The lowest BCUT2D eigenvalue weighted by Crippen LogP contribution is -2.36. The van der Waals surface area contributed by atoms with Gasteiger partial charge < -0.3 is 19.7 Å². The summed E-state index contributed by atoms with van der Waals surface area (Å²) in [4.78, 5) is 23.4. The minimum Gasteiger partial charge on any atom is -0.442 e. The minimum absolute atomic E-state index is 0.414. The van der Waals surface area contributed by atoms with Crippen LogP contribution in [0.3, 0.4) is 0 Å². The van der Waals surface area contributed by atoms with E-state index in [0.717, 1.165) is 0 Å². The number of hydrogen-bond acceptors (Lipinski definition) is 5. The van der Waals surface area contributed by atoms with E-state index in [1.807, 2.05) is 0 Å². The average molecular weight is 354 g/mol. The first-order valence-corrected chi connectivity index (χ1v) is 6.20. The number of ether oxygens (including phenoxy) is 2. The van der Waals surface area contributed by atoms with E-state index in [1.54, 1.807) is 0 Å². The van der Waals surface area contributed by atoms with Crippen LogP contribution in [0.2, 0.25) is 1.41 Å². The molecule has 8 heteroatoms. The van der Waals surface area contributed by atoms with E-state index >= 15 is 4.39 Å². The van der Waals surface area contributed by atoms with Crippen LogP contribution in [0, 0.1) is 5.82 Å². The molecular weight excluding hydrogens is 317 g/mol. The number of cyclic esters (lactones) is 1. The Morgan fingerprint density at radius 3 is 3.08 bits per heavy atom. The fourth-order valence-electron chi connectivity index (χ4n) is 1.56. The molecule has 0 bridgehead atoms. The molecule has 1 aromatic rings. The van der Waals surface area contributed by atoms with E-state index in [9.17, 15) is 9.59 Å². The summed E-state index contributed by atoms with van der Waals surface area (Å²) in [5.41, 5.74) is -3.19. The van der Waals surface area contributed by atoms with Crippen molar-refractivity contribution in [2.24, 2.45) is 0 Å². The van der Waals surface area contributed by atoms with Gasteiger partial charge in [-0.05, 0) is 18.1 Å². The van der Waals surface area contributed by atoms with Crippen LogP contribution >= 0.6 is 0 Å². The van der Waals surface area contributed by atoms with Gasteiger partial charge in [0.1, 0.15) is 11.9 Å². The van der Waals surface area contributed by atoms with Gasteiger partial charge in [0.15, 0.2) is 1.41 Å². The quantitative estimate of drug-likeness (QED) is 0.877. The first-order chi connectivity index (χ1) is 18.1. The summed E-state index contributed by atoms with van der Waals surface area (Å²) in [5, 5.41) is -0.526. The van der Waals surface area contributed by atoms with Gasteiger partial charge in [-0.3, -0.25) is 9.69 Å². The van der Waals surface area contributed by atoms with E-state index < -0.39 is 108 Å². The Bertz CT molecular complexity index is 1270. The minimum atomic E-state index is -3.86. The van der Waals surface area contributed by atoms with Crippen LogP contribution in [0.5, 0.6) is 0 Å². The lowest BCUT2D eigenvalue weighted by atomic mass is 10.2. The molecule has 0 spiro atoms. The third-order valence-electron chi connectivity index (χ3n) is 2.50. The van der Waals surface area contributed by atoms with Gasteiger partial charge in [-0.25, -0.2) is 9.18 Å². The summed E-state index contributed by atoms with van der Waals surface area (Å²) >= 11 is 0. The van der Waals surface area contributed by atoms with Gasteiger partial charge in [0.2, 0.25) is 5.91 Å². The van der Waals surface area contributed by atoms with Gasteiger partial charge in [-0.15, -0.1) is 0 Å². The first-order valence-electron chi connectivity index (χ1n) is 14.6. The van der Waals surface area contributed by atoms with Crippen molar-refractivity contribution in [3.63, 3.8) is 0 Å². The number of carbonyl (C=O) groups excluding carboxylic acids is 2. The van der Waals surface area contributed by atoms with Crippen LogP contribution in [0.25, 0.3) is 0 Å². The Balaban J connectivity index is 2.33. The zero-order valence-electron chi connectivity index (χ0n) is 28.9. The third kappa shape index (κ3) is 3.59. The number of rotatable bonds is 4. The largest absolute Gasteiger partial charge is 0.442 e. The fraction of sp³-hybridized carbons (Fsp3) is 0.500. The number of carbonyl (C=O) groups is 2. The average Bonchev–Trinajstić information content (AvgIpc) is 2.98. The molecule has 2 fully saturated rings. The predicted molar refractivity (Wildman–Crippen MR) is 85.7 cm³/mol. The van der Waals surface area contributed by atoms with Crippen LogP contribution < -0.4 is 15.1 Å². The molecule has 1 N–H and O–H groups in total. The molecule has 3 rings (SSSR count). The first kappa shape index (κ1) is 5.59. The number of halogens is 1. The molecule has 2 amide bonds. The maximum Gasteiger partial charge on any atom is 0.414 e. The van der Waals surface area contributed by atoms with Crippen molar-refractivity contribution in [2.45, 2.75) is 13.0 Å². The molecule has 1 atom stereocenters. The van der Waals surface area contributed by atoms with Crippen LogP contribution in [-0.2, 0) is 14.3 Å². The molecule has 2 saturated heterocycles. The molecule has 0 radical (unpaired) electrons. The zero-order valence-corrected chi connectivity index (χ0v) is 11.9. The van der Waals surface area contributed by atoms with Gasteiger partial charge in [-0.2, -0.15) is 0 Å². The van der Waals surface area contributed by atoms with Crippen molar-refractivity contribution in [3.8, 4) is 0 Å². The zero-order chi connectivity index (χ0) is 32.3. The Labute approximate surface area is 163 Å². The van der Waals surface area contributed by atoms with Gasteiger partial charge in [0.25, 0.3) is 0 Å². The standard InChI is InChI=1S/C16H20FN3O4/c1-11(21)18-9-13-10-20(16(22)24-13)12-2-3-15(14(17)8-12)19-4-6-23-7-5-19/h2-3,8,13H,4-7,9-10H2,1H3,(H,18,21)/t13-/m0/s1/i2D,3D,4D2,5D2,6D2,7D2,8D,9D2,10D2,13D/hD. The van der Waals surface area contributed by atoms with Gasteiger partial charge >= 0.3 is 6.09 Å². The number of anilines is 2. The highest BCUT2D eigenvalue weighted by Crippen LogP contribution is 2.28. The summed E-state index contributed by atoms with van der Waals surface area (Å²) < 4.78 is 161. The summed E-state index contributed by atoms with van der Waals surface area (Å²) in [6.07, 6.45) is -5.87. The van der Waals surface area contributed by atoms with Gasteiger partial charge in [0, 0.05) is 19.9 Å². The topological polar surface area (TPSA) is 71.1 Å². The Morgan fingerprint density at radius 2 is 2.38 bits per heavy atom. The smallest absolute Gasteiger partial charge is 0.414 e. The van der Waals surface area contributed by atoms with E-state index in [0.29, 0.717) is 6.92 Å². The van der Waals surface area contributed by atoms with E-state index in [-0.39, 0.29) is 0 Å². The number of hydrogen-bond donors (Lipinski definition) is 1. The number of benzene rings is 1. The summed E-state index contributed by atoms with van der Waals surface area (Å²) in [5.74, 6) is -3.55. The third-order valence-corrected chi connectivity index (χ3v) is 2.50. The highest BCUT2D eigenvalue weighted by Gasteiger charge is 2.32. The summed E-state index contributed by atoms with van der Waals surface area (Å²) in [6, 6.07) is -4.90. The second kappa shape index (κ2) is 7.04. The molecule has 2 heterocycles. The van der Waals surface area contributed by atoms with Crippen molar-refractivity contribution in [1.82, 2.24) is 5.31 Å². The van der Waals surface area contributed by atoms with Crippen molar-refractivity contribution in [2.75, 3.05) is 48.9 Å². The molecule has 0 aromatic heterocycles. The molecule has 2 aliphatic heterocycles. The van der Waals surface area contributed by atoms with Crippen LogP contribution in [0.1, 0.15) is 28.9 Å². The molecule has 0 unspecified atom stereocenters. The highest BCUT2D eigenvalue weighted by atomic mass is 19.1. The summed E-state index contributed by atoms with van der Waals surface area (Å²) in [6.45, 7) is -22.0. The van der Waals surface area contributed by atoms with Crippen LogP contribution in [-0.4, -0.2) is 57.2 Å². The second-order valence-electron chi connectivity index (χ2n) is 4.14. The van der Waals surface area contributed by atoms with Crippen LogP contribution in [0.15, 0.2) is 18.1 Å². The van der Waals surface area contributed by atoms with E-state index in [4.69, 9.17) is 23.3 Å². The van der Waals surface area contributed by atoms with Crippen molar-refractivity contribution in [3.05, 3.63) is 23.9 Å². The normalized spacial score (nSPS) is 45.4. The molecule has 2 aliphatic rings. The molecule has 7 nitrogen and oxygen atoms in total. The maximum atomic E-state index is 15.8. The Hall–Kier alpha value is -2.35. The van der Waals surface area contributed by atoms with Crippen molar-refractivity contribution in [1.29, 1.82) is 0 Å². The fourth-order valence-corrected chi connectivity index (χ4v) is 1.56. The molecule has 0 aliphatic carbocycles. The monoisotopic (exact) mass is 354 g/mol. The van der Waals surface area contributed by atoms with Crippen LogP contribution in [0.4, 0.5) is 20.6 Å². The number of nitrogens with one attached hydrogen (secondary N) is 1. The Kier molecular flexibility index (Phi) is 1.64.